The Kier molecular flexibility index (Phi) is 3.95. The smallest absolute Gasteiger partial charge is 0.287 e. The van der Waals surface area contributed by atoms with E-state index < -0.39 is 5.91 Å². The van der Waals surface area contributed by atoms with Gasteiger partial charge in [0.05, 0.1) is 24.5 Å². The summed E-state index contributed by atoms with van der Waals surface area (Å²) in [5, 5.41) is 5.24. The quantitative estimate of drug-likeness (QED) is 0.602. The maximum absolute atomic E-state index is 12.3. The van der Waals surface area contributed by atoms with Gasteiger partial charge < -0.3 is 14.2 Å². The zero-order valence-electron chi connectivity index (χ0n) is 13.0. The van der Waals surface area contributed by atoms with Crippen molar-refractivity contribution in [2.45, 2.75) is 6.54 Å². The van der Waals surface area contributed by atoms with Crippen LogP contribution in [0.2, 0.25) is 0 Å². The van der Waals surface area contributed by atoms with Gasteiger partial charge in [0.2, 0.25) is 0 Å². The van der Waals surface area contributed by atoms with Crippen LogP contribution in [0.3, 0.4) is 0 Å². The summed E-state index contributed by atoms with van der Waals surface area (Å²) in [6.07, 6.45) is 3.30. The van der Waals surface area contributed by atoms with Crippen molar-refractivity contribution in [1.29, 1.82) is 0 Å². The third kappa shape index (κ3) is 3.12. The predicted molar refractivity (Wildman–Crippen MR) is 95.7 cm³/mol. The number of amides is 1. The van der Waals surface area contributed by atoms with E-state index in [-0.39, 0.29) is 11.2 Å². The van der Waals surface area contributed by atoms with Crippen LogP contribution in [0, 0.1) is 0 Å². The second-order valence-electron chi connectivity index (χ2n) is 5.47. The number of nitrogens with one attached hydrogen (secondary N) is 1. The summed E-state index contributed by atoms with van der Waals surface area (Å²) in [5.74, 6) is -0.406. The molecular formula is C19H13NO4S. The van der Waals surface area contributed by atoms with Crippen molar-refractivity contribution in [3.63, 3.8) is 0 Å². The van der Waals surface area contributed by atoms with E-state index in [1.807, 2.05) is 17.5 Å². The summed E-state index contributed by atoms with van der Waals surface area (Å²) in [7, 11) is 0. The minimum atomic E-state index is -0.416. The second-order valence-corrected chi connectivity index (χ2v) is 6.46. The van der Waals surface area contributed by atoms with Crippen LogP contribution in [0.5, 0.6) is 0 Å². The highest BCUT2D eigenvalue weighted by Gasteiger charge is 2.12. The standard InChI is InChI=1S/C19H13NO4S/c21-16-8-18(24-17-4-2-1-3-15(16)17)19(22)20-9-14-7-13(11-25-14)12-5-6-23-10-12/h1-8,10-11H,9H2,(H,20,22). The highest BCUT2D eigenvalue weighted by atomic mass is 32.1. The zero-order chi connectivity index (χ0) is 17.2. The Hall–Kier alpha value is -3.12. The number of rotatable bonds is 4. The number of benzene rings is 1. The zero-order valence-corrected chi connectivity index (χ0v) is 13.8. The Morgan fingerprint density at radius 1 is 1.12 bits per heavy atom. The second kappa shape index (κ2) is 6.41. The van der Waals surface area contributed by atoms with E-state index in [4.69, 9.17) is 8.83 Å². The molecule has 0 unspecified atom stereocenters. The molecule has 1 N–H and O–H groups in total. The van der Waals surface area contributed by atoms with Crippen molar-refractivity contribution >= 4 is 28.2 Å². The molecule has 124 valence electrons. The Balaban J connectivity index is 1.50. The third-order valence-corrected chi connectivity index (χ3v) is 4.73. The molecule has 0 atom stereocenters. The largest absolute Gasteiger partial charge is 0.472 e. The molecule has 0 radical (unpaired) electrons. The van der Waals surface area contributed by atoms with Gasteiger partial charge in [-0.15, -0.1) is 11.3 Å². The first-order chi connectivity index (χ1) is 12.2. The van der Waals surface area contributed by atoms with Crippen LogP contribution < -0.4 is 10.7 Å². The van der Waals surface area contributed by atoms with Crippen LogP contribution in [0.25, 0.3) is 22.1 Å². The van der Waals surface area contributed by atoms with Crippen LogP contribution in [0.1, 0.15) is 15.4 Å². The first-order valence-electron chi connectivity index (χ1n) is 7.62. The Bertz CT molecular complexity index is 1090. The highest BCUT2D eigenvalue weighted by Crippen LogP contribution is 2.25. The molecule has 0 saturated heterocycles. The number of carbonyl (C=O) groups excluding carboxylic acids is 1. The monoisotopic (exact) mass is 351 g/mol. The Labute approximate surface area is 146 Å². The molecule has 0 fully saturated rings. The fourth-order valence-electron chi connectivity index (χ4n) is 2.52. The van der Waals surface area contributed by atoms with Crippen LogP contribution >= 0.6 is 11.3 Å². The molecule has 0 aliphatic carbocycles. The van der Waals surface area contributed by atoms with Crippen LogP contribution in [-0.2, 0) is 6.54 Å². The number of hydrogen-bond donors (Lipinski definition) is 1. The van der Waals surface area contributed by atoms with E-state index in [2.05, 4.69) is 5.32 Å². The Morgan fingerprint density at radius 3 is 2.84 bits per heavy atom. The predicted octanol–water partition coefficient (Wildman–Crippen LogP) is 4.04. The van der Waals surface area contributed by atoms with Gasteiger partial charge in [-0.25, -0.2) is 0 Å². The van der Waals surface area contributed by atoms with Crippen LogP contribution in [0.4, 0.5) is 0 Å². The number of thiophene rings is 1. The van der Waals surface area contributed by atoms with Gasteiger partial charge in [-0.1, -0.05) is 12.1 Å². The highest BCUT2D eigenvalue weighted by molar-refractivity contribution is 7.10. The van der Waals surface area contributed by atoms with Gasteiger partial charge >= 0.3 is 0 Å². The number of furan rings is 1. The molecule has 4 aromatic rings. The van der Waals surface area contributed by atoms with Crippen molar-refractivity contribution < 1.29 is 13.6 Å². The summed E-state index contributed by atoms with van der Waals surface area (Å²) >= 11 is 1.54. The van der Waals surface area contributed by atoms with Crippen molar-refractivity contribution in [2.75, 3.05) is 0 Å². The van der Waals surface area contributed by atoms with E-state index in [0.717, 1.165) is 16.0 Å². The maximum Gasteiger partial charge on any atom is 0.287 e. The van der Waals surface area contributed by atoms with Gasteiger partial charge in [0.15, 0.2) is 11.2 Å². The van der Waals surface area contributed by atoms with Crippen molar-refractivity contribution in [1.82, 2.24) is 5.32 Å². The number of carbonyl (C=O) groups is 1. The van der Waals surface area contributed by atoms with E-state index in [9.17, 15) is 9.59 Å². The molecule has 0 bridgehead atoms. The van der Waals surface area contributed by atoms with Crippen molar-refractivity contribution in [3.8, 4) is 11.1 Å². The molecule has 0 saturated carbocycles. The summed E-state index contributed by atoms with van der Waals surface area (Å²) in [6.45, 7) is 0.359. The average molecular weight is 351 g/mol. The van der Waals surface area contributed by atoms with Gasteiger partial charge in [0, 0.05) is 16.5 Å². The summed E-state index contributed by atoms with van der Waals surface area (Å²) in [4.78, 5) is 25.4. The molecule has 25 heavy (non-hydrogen) atoms. The Morgan fingerprint density at radius 2 is 2.00 bits per heavy atom. The molecule has 6 heteroatoms. The van der Waals surface area contributed by atoms with Crippen LogP contribution in [-0.4, -0.2) is 5.91 Å². The number of para-hydroxylation sites is 1. The molecule has 4 rings (SSSR count). The maximum atomic E-state index is 12.3. The van der Waals surface area contributed by atoms with Crippen LogP contribution in [0.15, 0.2) is 74.0 Å². The summed E-state index contributed by atoms with van der Waals surface area (Å²) < 4.78 is 10.6. The first-order valence-corrected chi connectivity index (χ1v) is 8.50. The third-order valence-electron chi connectivity index (χ3n) is 3.79. The lowest BCUT2D eigenvalue weighted by molar-refractivity contribution is 0.0924. The summed E-state index contributed by atoms with van der Waals surface area (Å²) in [6, 6.07) is 12.0. The molecule has 0 aliphatic heterocycles. The fraction of sp³-hybridized carbons (Fsp3) is 0.0526. The van der Waals surface area contributed by atoms with Gasteiger partial charge in [0.25, 0.3) is 5.91 Å². The molecule has 0 spiro atoms. The lowest BCUT2D eigenvalue weighted by atomic mass is 10.2. The van der Waals surface area contributed by atoms with Gasteiger partial charge in [-0.2, -0.15) is 0 Å². The lowest BCUT2D eigenvalue weighted by Crippen LogP contribution is -2.23. The number of hydrogen-bond acceptors (Lipinski definition) is 5. The molecule has 0 aliphatic rings. The molecule has 5 nitrogen and oxygen atoms in total. The molecule has 1 amide bonds. The minimum Gasteiger partial charge on any atom is -0.472 e. The molecule has 3 heterocycles. The molecule has 1 aromatic carbocycles. The minimum absolute atomic E-state index is 0.00955. The van der Waals surface area contributed by atoms with Crippen molar-refractivity contribution in [2.24, 2.45) is 0 Å². The SMILES string of the molecule is O=C(NCc1cc(-c2ccoc2)cs1)c1cc(=O)c2ccccc2o1. The van der Waals surface area contributed by atoms with Gasteiger partial charge in [-0.05, 0) is 35.2 Å². The van der Waals surface area contributed by atoms with Gasteiger partial charge in [-0.3, -0.25) is 9.59 Å². The van der Waals surface area contributed by atoms with E-state index in [0.29, 0.717) is 17.5 Å². The van der Waals surface area contributed by atoms with E-state index >= 15 is 0 Å². The number of fused-ring (bicyclic) bond motifs is 1. The van der Waals surface area contributed by atoms with E-state index in [1.54, 1.807) is 48.1 Å². The molecular weight excluding hydrogens is 338 g/mol. The van der Waals surface area contributed by atoms with Crippen molar-refractivity contribution in [3.05, 3.63) is 81.2 Å². The normalized spacial score (nSPS) is 10.9. The summed E-state index contributed by atoms with van der Waals surface area (Å²) in [5.41, 5.74) is 2.21. The average Bonchev–Trinajstić information content (AvgIpc) is 3.31. The van der Waals surface area contributed by atoms with Gasteiger partial charge in [0.1, 0.15) is 5.58 Å². The van der Waals surface area contributed by atoms with E-state index in [1.165, 1.54) is 6.07 Å². The molecule has 3 aromatic heterocycles. The topological polar surface area (TPSA) is 72.5 Å². The fourth-order valence-corrected chi connectivity index (χ4v) is 3.36. The lowest BCUT2D eigenvalue weighted by Gasteiger charge is -2.04. The first kappa shape index (κ1) is 15.4.